The van der Waals surface area contributed by atoms with Crippen molar-refractivity contribution >= 4 is 21.9 Å². The standard InChI is InChI=1S/C22H14FN7/c23-14-3-1-12(2-4-14)20-15-9-19(27-17(15)7-8-24-20)22-21-18(29-30-22)6-5-16(28-21)13-10-25-26-11-13/h1-11,27H,(H,25,26)(H,29,30). The van der Waals surface area contributed by atoms with Crippen LogP contribution < -0.4 is 0 Å². The molecule has 30 heavy (non-hydrogen) atoms. The Morgan fingerprint density at radius 1 is 0.867 bits per heavy atom. The highest BCUT2D eigenvalue weighted by molar-refractivity contribution is 5.99. The lowest BCUT2D eigenvalue weighted by Gasteiger charge is -2.02. The topological polar surface area (TPSA) is 98.9 Å². The third-order valence-electron chi connectivity index (χ3n) is 5.12. The molecule has 0 saturated heterocycles. The van der Waals surface area contributed by atoms with Gasteiger partial charge in [0, 0.05) is 34.4 Å². The fourth-order valence-corrected chi connectivity index (χ4v) is 3.66. The fraction of sp³-hybridized carbons (Fsp3) is 0. The van der Waals surface area contributed by atoms with E-state index in [0.717, 1.165) is 55.8 Å². The van der Waals surface area contributed by atoms with Crippen LogP contribution in [0.3, 0.4) is 0 Å². The molecule has 0 aliphatic rings. The molecule has 0 radical (unpaired) electrons. The number of pyridine rings is 2. The molecule has 6 aromatic rings. The number of nitrogens with one attached hydrogen (secondary N) is 3. The lowest BCUT2D eigenvalue weighted by atomic mass is 10.1. The number of aromatic amines is 3. The molecule has 0 fully saturated rings. The first-order valence-electron chi connectivity index (χ1n) is 9.34. The van der Waals surface area contributed by atoms with Gasteiger partial charge in [0.25, 0.3) is 0 Å². The van der Waals surface area contributed by atoms with Crippen LogP contribution in [-0.2, 0) is 0 Å². The highest BCUT2D eigenvalue weighted by Crippen LogP contribution is 2.33. The molecule has 3 N–H and O–H groups in total. The Morgan fingerprint density at radius 3 is 2.60 bits per heavy atom. The van der Waals surface area contributed by atoms with Gasteiger partial charge in [-0.25, -0.2) is 9.37 Å². The maximum atomic E-state index is 13.3. The minimum absolute atomic E-state index is 0.275. The van der Waals surface area contributed by atoms with Crippen molar-refractivity contribution in [2.45, 2.75) is 0 Å². The second kappa shape index (κ2) is 6.35. The van der Waals surface area contributed by atoms with Crippen molar-refractivity contribution in [1.82, 2.24) is 35.3 Å². The zero-order chi connectivity index (χ0) is 20.1. The molecule has 1 aromatic carbocycles. The van der Waals surface area contributed by atoms with E-state index in [-0.39, 0.29) is 5.82 Å². The Balaban J connectivity index is 1.52. The predicted octanol–water partition coefficient (Wildman–Crippen LogP) is 4.70. The summed E-state index contributed by atoms with van der Waals surface area (Å²) in [4.78, 5) is 12.7. The Kier molecular flexibility index (Phi) is 3.51. The normalized spacial score (nSPS) is 11.5. The van der Waals surface area contributed by atoms with Crippen LogP contribution >= 0.6 is 0 Å². The summed E-state index contributed by atoms with van der Waals surface area (Å²) >= 11 is 0. The van der Waals surface area contributed by atoms with Crippen LogP contribution in [0.4, 0.5) is 4.39 Å². The lowest BCUT2D eigenvalue weighted by Crippen LogP contribution is -1.84. The molecule has 0 aliphatic carbocycles. The number of aromatic nitrogens is 7. The van der Waals surface area contributed by atoms with Gasteiger partial charge in [-0.3, -0.25) is 15.2 Å². The highest BCUT2D eigenvalue weighted by Gasteiger charge is 2.16. The molecular weight excluding hydrogens is 381 g/mol. The first-order valence-corrected chi connectivity index (χ1v) is 9.34. The Hall–Kier alpha value is -4.33. The van der Waals surface area contributed by atoms with Crippen molar-refractivity contribution in [3.8, 4) is 33.9 Å². The number of hydrogen-bond acceptors (Lipinski definition) is 4. The quantitative estimate of drug-likeness (QED) is 0.404. The summed E-state index contributed by atoms with van der Waals surface area (Å²) in [5.41, 5.74) is 7.40. The summed E-state index contributed by atoms with van der Waals surface area (Å²) in [5, 5.41) is 15.3. The van der Waals surface area contributed by atoms with E-state index in [1.807, 2.05) is 24.3 Å². The predicted molar refractivity (Wildman–Crippen MR) is 112 cm³/mol. The number of benzene rings is 1. The van der Waals surface area contributed by atoms with Crippen molar-refractivity contribution in [3.05, 3.63) is 72.9 Å². The first kappa shape index (κ1) is 16.6. The molecule has 8 heteroatoms. The average molecular weight is 395 g/mol. The van der Waals surface area contributed by atoms with Crippen LogP contribution in [0, 0.1) is 5.82 Å². The number of hydrogen-bond donors (Lipinski definition) is 3. The van der Waals surface area contributed by atoms with E-state index in [1.54, 1.807) is 30.7 Å². The van der Waals surface area contributed by atoms with Crippen LogP contribution in [0.1, 0.15) is 0 Å². The Labute approximate surface area is 169 Å². The summed E-state index contributed by atoms with van der Waals surface area (Å²) in [6, 6.07) is 14.1. The number of fused-ring (bicyclic) bond motifs is 2. The first-order chi connectivity index (χ1) is 14.8. The minimum atomic E-state index is -0.275. The van der Waals surface area contributed by atoms with Crippen LogP contribution in [-0.4, -0.2) is 35.3 Å². The Morgan fingerprint density at radius 2 is 1.77 bits per heavy atom. The molecular formula is C22H14FN7. The molecule has 0 amide bonds. The van der Waals surface area contributed by atoms with Gasteiger partial charge >= 0.3 is 0 Å². The number of H-pyrrole nitrogens is 3. The third-order valence-corrected chi connectivity index (χ3v) is 5.12. The summed E-state index contributed by atoms with van der Waals surface area (Å²) in [6.45, 7) is 0. The van der Waals surface area contributed by atoms with Gasteiger partial charge in [-0.05, 0) is 48.5 Å². The summed E-state index contributed by atoms with van der Waals surface area (Å²) < 4.78 is 13.3. The van der Waals surface area contributed by atoms with Gasteiger partial charge in [0.05, 0.1) is 28.8 Å². The van der Waals surface area contributed by atoms with Gasteiger partial charge in [0.2, 0.25) is 0 Å². The zero-order valence-electron chi connectivity index (χ0n) is 15.5. The van der Waals surface area contributed by atoms with Gasteiger partial charge in [-0.15, -0.1) is 0 Å². The number of nitrogens with zero attached hydrogens (tertiary/aromatic N) is 4. The number of rotatable bonds is 3. The molecule has 5 aromatic heterocycles. The number of halogens is 1. The van der Waals surface area contributed by atoms with E-state index in [1.165, 1.54) is 12.1 Å². The molecule has 0 atom stereocenters. The maximum Gasteiger partial charge on any atom is 0.135 e. The lowest BCUT2D eigenvalue weighted by molar-refractivity contribution is 0.628. The molecule has 0 aliphatic heterocycles. The average Bonchev–Trinajstić information content (AvgIpc) is 3.52. The molecule has 5 heterocycles. The molecule has 0 saturated carbocycles. The largest absolute Gasteiger partial charge is 0.353 e. The highest BCUT2D eigenvalue weighted by atomic mass is 19.1. The van der Waals surface area contributed by atoms with Crippen molar-refractivity contribution in [2.24, 2.45) is 0 Å². The van der Waals surface area contributed by atoms with Crippen LogP contribution in [0.15, 0.2) is 67.1 Å². The fourth-order valence-electron chi connectivity index (χ4n) is 3.66. The van der Waals surface area contributed by atoms with Crippen molar-refractivity contribution in [1.29, 1.82) is 0 Å². The summed E-state index contributed by atoms with van der Waals surface area (Å²) in [5.74, 6) is -0.275. The van der Waals surface area contributed by atoms with Gasteiger partial charge in [-0.1, -0.05) is 0 Å². The summed E-state index contributed by atoms with van der Waals surface area (Å²) in [6.07, 6.45) is 5.27. The van der Waals surface area contributed by atoms with E-state index < -0.39 is 0 Å². The maximum absolute atomic E-state index is 13.3. The smallest absolute Gasteiger partial charge is 0.135 e. The van der Waals surface area contributed by atoms with Gasteiger partial charge in [0.1, 0.15) is 17.0 Å². The molecule has 0 spiro atoms. The third kappa shape index (κ3) is 2.58. The van der Waals surface area contributed by atoms with E-state index in [4.69, 9.17) is 4.98 Å². The molecule has 0 bridgehead atoms. The van der Waals surface area contributed by atoms with Crippen LogP contribution in [0.5, 0.6) is 0 Å². The second-order valence-corrected chi connectivity index (χ2v) is 6.96. The van der Waals surface area contributed by atoms with E-state index >= 15 is 0 Å². The van der Waals surface area contributed by atoms with Crippen molar-refractivity contribution in [2.75, 3.05) is 0 Å². The molecule has 7 nitrogen and oxygen atoms in total. The van der Waals surface area contributed by atoms with Crippen LogP contribution in [0.2, 0.25) is 0 Å². The molecule has 144 valence electrons. The Bertz CT molecular complexity index is 1490. The van der Waals surface area contributed by atoms with Gasteiger partial charge < -0.3 is 4.98 Å². The monoisotopic (exact) mass is 395 g/mol. The molecule has 0 unspecified atom stereocenters. The van der Waals surface area contributed by atoms with E-state index in [9.17, 15) is 4.39 Å². The van der Waals surface area contributed by atoms with E-state index in [0.29, 0.717) is 0 Å². The SMILES string of the molecule is Fc1ccc(-c2nccc3[nH]c(-c4n[nH]c5ccc(-c6cn[nH]c6)nc45)cc23)cc1. The summed E-state index contributed by atoms with van der Waals surface area (Å²) in [7, 11) is 0. The van der Waals surface area contributed by atoms with Gasteiger partial charge in [0.15, 0.2) is 0 Å². The van der Waals surface area contributed by atoms with E-state index in [2.05, 4.69) is 30.4 Å². The minimum Gasteiger partial charge on any atom is -0.353 e. The second-order valence-electron chi connectivity index (χ2n) is 6.96. The zero-order valence-corrected chi connectivity index (χ0v) is 15.5. The van der Waals surface area contributed by atoms with Crippen molar-refractivity contribution in [3.63, 3.8) is 0 Å². The van der Waals surface area contributed by atoms with Crippen LogP contribution in [0.25, 0.3) is 55.8 Å². The molecule has 6 rings (SSSR count). The van der Waals surface area contributed by atoms with Gasteiger partial charge in [-0.2, -0.15) is 10.2 Å². The van der Waals surface area contributed by atoms with Crippen molar-refractivity contribution < 1.29 is 4.39 Å².